The van der Waals surface area contributed by atoms with Crippen LogP contribution in [0.25, 0.3) is 0 Å². The molecule has 0 fully saturated rings. The predicted molar refractivity (Wildman–Crippen MR) is 93.4 cm³/mol. The lowest BCUT2D eigenvalue weighted by Gasteiger charge is -2.11. The van der Waals surface area contributed by atoms with Crippen molar-refractivity contribution < 1.29 is 9.53 Å². The van der Waals surface area contributed by atoms with E-state index in [1.165, 1.54) is 5.56 Å². The van der Waals surface area contributed by atoms with Gasteiger partial charge in [0.25, 0.3) is 5.91 Å². The highest BCUT2D eigenvalue weighted by molar-refractivity contribution is 9.10. The Labute approximate surface area is 139 Å². The van der Waals surface area contributed by atoms with Gasteiger partial charge in [0.1, 0.15) is 5.75 Å². The third-order valence-corrected chi connectivity index (χ3v) is 3.93. The van der Waals surface area contributed by atoms with Gasteiger partial charge in [0.15, 0.2) is 6.61 Å². The average Bonchev–Trinajstić information content (AvgIpc) is 2.49. The molecule has 116 valence electrons. The van der Waals surface area contributed by atoms with Crippen molar-refractivity contribution in [2.24, 2.45) is 0 Å². The molecule has 0 radical (unpaired) electrons. The van der Waals surface area contributed by atoms with Crippen LogP contribution in [0.15, 0.2) is 46.9 Å². The van der Waals surface area contributed by atoms with Gasteiger partial charge in [0, 0.05) is 5.69 Å². The number of ether oxygens (including phenoxy) is 1. The van der Waals surface area contributed by atoms with Crippen molar-refractivity contribution in [1.82, 2.24) is 0 Å². The summed E-state index contributed by atoms with van der Waals surface area (Å²) in [6, 6.07) is 13.6. The maximum absolute atomic E-state index is 12.0. The highest BCUT2D eigenvalue weighted by Gasteiger charge is 2.08. The lowest BCUT2D eigenvalue weighted by atomic mass is 10.1. The molecule has 0 atom stereocenters. The molecule has 0 aliphatic heterocycles. The van der Waals surface area contributed by atoms with E-state index in [1.54, 1.807) is 0 Å². The van der Waals surface area contributed by atoms with E-state index in [4.69, 9.17) is 4.74 Å². The summed E-state index contributed by atoms with van der Waals surface area (Å²) < 4.78 is 6.46. The van der Waals surface area contributed by atoms with Crippen molar-refractivity contribution in [1.29, 1.82) is 0 Å². The van der Waals surface area contributed by atoms with Gasteiger partial charge in [-0.1, -0.05) is 37.6 Å². The maximum Gasteiger partial charge on any atom is 0.262 e. The predicted octanol–water partition coefficient (Wildman–Crippen LogP) is 4.73. The molecular weight excluding hydrogens is 342 g/mol. The highest BCUT2D eigenvalue weighted by Crippen LogP contribution is 2.26. The Morgan fingerprint density at radius 2 is 2.00 bits per heavy atom. The Hall–Kier alpha value is -1.81. The van der Waals surface area contributed by atoms with Crippen molar-refractivity contribution in [3.8, 4) is 5.75 Å². The van der Waals surface area contributed by atoms with Crippen molar-refractivity contribution in [3.05, 3.63) is 58.1 Å². The largest absolute Gasteiger partial charge is 0.483 e. The van der Waals surface area contributed by atoms with E-state index in [2.05, 4.69) is 28.2 Å². The molecule has 2 aromatic rings. The van der Waals surface area contributed by atoms with Crippen LogP contribution in [0.5, 0.6) is 5.75 Å². The topological polar surface area (TPSA) is 38.3 Å². The van der Waals surface area contributed by atoms with E-state index in [9.17, 15) is 4.79 Å². The molecule has 0 saturated heterocycles. The van der Waals surface area contributed by atoms with Gasteiger partial charge in [-0.05, 0) is 58.6 Å². The number of nitrogens with one attached hydrogen (secondary N) is 1. The maximum atomic E-state index is 12.0. The fraction of sp³-hybridized carbons (Fsp3) is 0.278. The van der Waals surface area contributed by atoms with Gasteiger partial charge < -0.3 is 10.1 Å². The van der Waals surface area contributed by atoms with E-state index in [0.29, 0.717) is 5.75 Å². The SMILES string of the molecule is CCCc1ccc(OCC(=O)Nc2ccccc2C)c(Br)c1. The van der Waals surface area contributed by atoms with E-state index in [0.717, 1.165) is 28.6 Å². The number of para-hydroxylation sites is 1. The summed E-state index contributed by atoms with van der Waals surface area (Å²) in [6.07, 6.45) is 2.14. The molecule has 0 heterocycles. The summed E-state index contributed by atoms with van der Waals surface area (Å²) in [5.74, 6) is 0.513. The third-order valence-electron chi connectivity index (χ3n) is 3.31. The van der Waals surface area contributed by atoms with Crippen molar-refractivity contribution in [2.75, 3.05) is 11.9 Å². The second kappa shape index (κ2) is 7.99. The first-order valence-corrected chi connectivity index (χ1v) is 8.16. The zero-order valence-corrected chi connectivity index (χ0v) is 14.4. The fourth-order valence-electron chi connectivity index (χ4n) is 2.15. The number of benzene rings is 2. The van der Waals surface area contributed by atoms with Gasteiger partial charge in [0.05, 0.1) is 4.47 Å². The number of halogens is 1. The van der Waals surface area contributed by atoms with Gasteiger partial charge in [-0.15, -0.1) is 0 Å². The Kier molecular flexibility index (Phi) is 6.01. The Morgan fingerprint density at radius 1 is 1.23 bits per heavy atom. The van der Waals surface area contributed by atoms with E-state index in [1.807, 2.05) is 49.4 Å². The molecule has 0 bridgehead atoms. The molecule has 1 amide bonds. The van der Waals surface area contributed by atoms with Crippen LogP contribution in [0.1, 0.15) is 24.5 Å². The lowest BCUT2D eigenvalue weighted by molar-refractivity contribution is -0.118. The second-order valence-electron chi connectivity index (χ2n) is 5.17. The first-order valence-electron chi connectivity index (χ1n) is 7.37. The second-order valence-corrected chi connectivity index (χ2v) is 6.02. The Balaban J connectivity index is 1.92. The number of rotatable bonds is 6. The van der Waals surface area contributed by atoms with Crippen LogP contribution >= 0.6 is 15.9 Å². The van der Waals surface area contributed by atoms with Crippen molar-refractivity contribution in [3.63, 3.8) is 0 Å². The van der Waals surface area contributed by atoms with Gasteiger partial charge >= 0.3 is 0 Å². The van der Waals surface area contributed by atoms with Crippen LogP contribution in [0.3, 0.4) is 0 Å². The van der Waals surface area contributed by atoms with Gasteiger partial charge in [-0.3, -0.25) is 4.79 Å². The van der Waals surface area contributed by atoms with Gasteiger partial charge in [-0.2, -0.15) is 0 Å². The number of carbonyl (C=O) groups is 1. The number of aryl methyl sites for hydroxylation is 2. The first-order chi connectivity index (χ1) is 10.6. The first kappa shape index (κ1) is 16.6. The molecule has 4 heteroatoms. The van der Waals surface area contributed by atoms with Crippen LogP contribution in [0, 0.1) is 6.92 Å². The average molecular weight is 362 g/mol. The smallest absolute Gasteiger partial charge is 0.262 e. The summed E-state index contributed by atoms with van der Waals surface area (Å²) in [4.78, 5) is 12.0. The molecule has 1 N–H and O–H groups in total. The summed E-state index contributed by atoms with van der Waals surface area (Å²) >= 11 is 3.49. The minimum absolute atomic E-state index is 0.0138. The van der Waals surface area contributed by atoms with Gasteiger partial charge in [0.2, 0.25) is 0 Å². The monoisotopic (exact) mass is 361 g/mol. The summed E-state index contributed by atoms with van der Waals surface area (Å²) in [7, 11) is 0. The number of hydrogen-bond acceptors (Lipinski definition) is 2. The number of anilines is 1. The fourth-order valence-corrected chi connectivity index (χ4v) is 2.69. The van der Waals surface area contributed by atoms with Crippen LogP contribution < -0.4 is 10.1 Å². The molecule has 0 spiro atoms. The van der Waals surface area contributed by atoms with Crippen LogP contribution in [0.4, 0.5) is 5.69 Å². The molecule has 0 saturated carbocycles. The minimum atomic E-state index is -0.168. The molecule has 0 aliphatic rings. The van der Waals surface area contributed by atoms with E-state index < -0.39 is 0 Å². The molecule has 0 aromatic heterocycles. The quantitative estimate of drug-likeness (QED) is 0.807. The van der Waals surface area contributed by atoms with Crippen LogP contribution in [0.2, 0.25) is 0 Å². The zero-order chi connectivity index (χ0) is 15.9. The molecule has 22 heavy (non-hydrogen) atoms. The molecule has 0 unspecified atom stereocenters. The van der Waals surface area contributed by atoms with Crippen molar-refractivity contribution >= 4 is 27.5 Å². The van der Waals surface area contributed by atoms with Crippen LogP contribution in [-0.2, 0) is 11.2 Å². The Bertz CT molecular complexity index is 655. The summed E-state index contributed by atoms with van der Waals surface area (Å²) in [5, 5.41) is 2.85. The number of carbonyl (C=O) groups excluding carboxylic acids is 1. The molecule has 0 aliphatic carbocycles. The van der Waals surface area contributed by atoms with Crippen LogP contribution in [-0.4, -0.2) is 12.5 Å². The third kappa shape index (κ3) is 4.60. The molecular formula is C18H20BrNO2. The minimum Gasteiger partial charge on any atom is -0.483 e. The summed E-state index contributed by atoms with van der Waals surface area (Å²) in [6.45, 7) is 4.09. The zero-order valence-electron chi connectivity index (χ0n) is 12.9. The number of amides is 1. The number of hydrogen-bond donors (Lipinski definition) is 1. The highest BCUT2D eigenvalue weighted by atomic mass is 79.9. The molecule has 2 aromatic carbocycles. The standard InChI is InChI=1S/C18H20BrNO2/c1-3-6-14-9-10-17(15(19)11-14)22-12-18(21)20-16-8-5-4-7-13(16)2/h4-5,7-11H,3,6,12H2,1-2H3,(H,20,21). The van der Waals surface area contributed by atoms with Crippen molar-refractivity contribution in [2.45, 2.75) is 26.7 Å². The van der Waals surface area contributed by atoms with E-state index >= 15 is 0 Å². The molecule has 3 nitrogen and oxygen atoms in total. The summed E-state index contributed by atoms with van der Waals surface area (Å²) in [5.41, 5.74) is 3.10. The van der Waals surface area contributed by atoms with E-state index in [-0.39, 0.29) is 12.5 Å². The lowest BCUT2D eigenvalue weighted by Crippen LogP contribution is -2.20. The molecule has 2 rings (SSSR count). The normalized spacial score (nSPS) is 10.3. The Morgan fingerprint density at radius 3 is 2.68 bits per heavy atom. The van der Waals surface area contributed by atoms with Gasteiger partial charge in [-0.25, -0.2) is 0 Å².